The van der Waals surface area contributed by atoms with Crippen LogP contribution in [0.2, 0.25) is 0 Å². The van der Waals surface area contributed by atoms with E-state index in [4.69, 9.17) is 4.74 Å². The molecule has 2 fully saturated rings. The van der Waals surface area contributed by atoms with Crippen molar-refractivity contribution in [2.45, 2.75) is 77.7 Å². The predicted octanol–water partition coefficient (Wildman–Crippen LogP) is 3.92. The van der Waals surface area contributed by atoms with Crippen molar-refractivity contribution in [1.29, 1.82) is 0 Å². The van der Waals surface area contributed by atoms with Crippen molar-refractivity contribution in [3.05, 3.63) is 29.3 Å². The van der Waals surface area contributed by atoms with Crippen LogP contribution < -0.4 is 10.6 Å². The van der Waals surface area contributed by atoms with E-state index in [0.29, 0.717) is 6.42 Å². The number of amides is 4. The van der Waals surface area contributed by atoms with Crippen molar-refractivity contribution >= 4 is 29.5 Å². The first-order chi connectivity index (χ1) is 15.6. The molecule has 33 heavy (non-hydrogen) atoms. The number of para-hydroxylation sites is 1. The molecule has 180 valence electrons. The predicted molar refractivity (Wildman–Crippen MR) is 125 cm³/mol. The van der Waals surface area contributed by atoms with Gasteiger partial charge in [-0.25, -0.2) is 4.79 Å². The Labute approximate surface area is 195 Å². The summed E-state index contributed by atoms with van der Waals surface area (Å²) in [6.07, 6.45) is 3.29. The van der Waals surface area contributed by atoms with E-state index in [9.17, 15) is 19.2 Å². The van der Waals surface area contributed by atoms with Crippen molar-refractivity contribution in [3.63, 3.8) is 0 Å². The lowest BCUT2D eigenvalue weighted by Gasteiger charge is -2.36. The van der Waals surface area contributed by atoms with Crippen LogP contribution in [0.5, 0.6) is 0 Å². The van der Waals surface area contributed by atoms with Crippen molar-refractivity contribution in [1.82, 2.24) is 10.2 Å². The highest BCUT2D eigenvalue weighted by Crippen LogP contribution is 2.38. The van der Waals surface area contributed by atoms with E-state index in [0.717, 1.165) is 41.0 Å². The lowest BCUT2D eigenvalue weighted by atomic mass is 9.73. The maximum Gasteiger partial charge on any atom is 0.326 e. The average Bonchev–Trinajstić information content (AvgIpc) is 2.99. The van der Waals surface area contributed by atoms with Gasteiger partial charge in [-0.3, -0.25) is 19.3 Å². The summed E-state index contributed by atoms with van der Waals surface area (Å²) >= 11 is 0. The van der Waals surface area contributed by atoms with E-state index < -0.39 is 36.6 Å². The van der Waals surface area contributed by atoms with Crippen molar-refractivity contribution in [2.75, 3.05) is 18.5 Å². The molecule has 0 bridgehead atoms. The van der Waals surface area contributed by atoms with Gasteiger partial charge in [-0.05, 0) is 41.7 Å². The van der Waals surface area contributed by atoms with Crippen molar-refractivity contribution < 1.29 is 23.9 Å². The summed E-state index contributed by atoms with van der Waals surface area (Å²) in [4.78, 5) is 51.3. The summed E-state index contributed by atoms with van der Waals surface area (Å²) < 4.78 is 5.11. The van der Waals surface area contributed by atoms with Crippen LogP contribution in [0.25, 0.3) is 0 Å². The van der Waals surface area contributed by atoms with Crippen LogP contribution in [0, 0.1) is 5.92 Å². The number of nitrogens with one attached hydrogen (secondary N) is 2. The molecule has 1 saturated heterocycles. The first-order valence-electron chi connectivity index (χ1n) is 11.8. The topological polar surface area (TPSA) is 105 Å². The average molecular weight is 458 g/mol. The number of esters is 1. The van der Waals surface area contributed by atoms with Gasteiger partial charge in [0.25, 0.3) is 11.8 Å². The zero-order chi connectivity index (χ0) is 24.3. The molecular weight excluding hydrogens is 422 g/mol. The Bertz CT molecular complexity index is 916. The van der Waals surface area contributed by atoms with E-state index in [-0.39, 0.29) is 23.7 Å². The Kier molecular flexibility index (Phi) is 7.44. The molecule has 1 aliphatic heterocycles. The molecule has 0 aromatic heterocycles. The van der Waals surface area contributed by atoms with E-state index in [1.165, 1.54) is 0 Å². The fraction of sp³-hybridized carbons (Fsp3) is 0.600. The number of rotatable bonds is 7. The number of carbonyl (C=O) groups excluding carboxylic acids is 4. The third-order valence-corrected chi connectivity index (χ3v) is 6.79. The fourth-order valence-corrected chi connectivity index (χ4v) is 4.83. The number of benzene rings is 1. The number of urea groups is 1. The van der Waals surface area contributed by atoms with Crippen LogP contribution in [0.4, 0.5) is 10.5 Å². The number of anilines is 1. The molecule has 1 aliphatic carbocycles. The number of imide groups is 1. The van der Waals surface area contributed by atoms with Gasteiger partial charge in [0, 0.05) is 5.69 Å². The Morgan fingerprint density at radius 1 is 1.15 bits per heavy atom. The fourth-order valence-electron chi connectivity index (χ4n) is 4.83. The molecule has 1 heterocycles. The van der Waals surface area contributed by atoms with Gasteiger partial charge in [0.2, 0.25) is 0 Å². The molecule has 1 saturated carbocycles. The van der Waals surface area contributed by atoms with E-state index >= 15 is 0 Å². The molecule has 2 aliphatic rings. The molecular formula is C25H35N3O5. The highest BCUT2D eigenvalue weighted by molar-refractivity contribution is 6.09. The van der Waals surface area contributed by atoms with Gasteiger partial charge in [-0.2, -0.15) is 0 Å². The van der Waals surface area contributed by atoms with Crippen LogP contribution >= 0.6 is 0 Å². The lowest BCUT2D eigenvalue weighted by Crippen LogP contribution is -2.54. The lowest BCUT2D eigenvalue weighted by molar-refractivity contribution is -0.150. The van der Waals surface area contributed by atoms with Crippen molar-refractivity contribution in [2.24, 2.45) is 5.92 Å². The molecule has 8 heteroatoms. The zero-order valence-electron chi connectivity index (χ0n) is 20.2. The van der Waals surface area contributed by atoms with Crippen molar-refractivity contribution in [3.8, 4) is 0 Å². The van der Waals surface area contributed by atoms with Gasteiger partial charge in [0.1, 0.15) is 12.1 Å². The van der Waals surface area contributed by atoms with Gasteiger partial charge in [0.15, 0.2) is 6.61 Å². The van der Waals surface area contributed by atoms with Crippen LogP contribution in [0.15, 0.2) is 18.2 Å². The second-order valence-electron chi connectivity index (χ2n) is 9.77. The summed E-state index contributed by atoms with van der Waals surface area (Å²) in [6, 6.07) is 5.33. The quantitative estimate of drug-likeness (QED) is 0.477. The third kappa shape index (κ3) is 5.04. The molecule has 8 nitrogen and oxygen atoms in total. The summed E-state index contributed by atoms with van der Waals surface area (Å²) in [5.74, 6) is -1.23. The second kappa shape index (κ2) is 9.93. The number of hydrogen-bond donors (Lipinski definition) is 2. The minimum atomic E-state index is -0.930. The zero-order valence-corrected chi connectivity index (χ0v) is 20.2. The maximum absolute atomic E-state index is 13.0. The first kappa shape index (κ1) is 24.7. The molecule has 2 atom stereocenters. The van der Waals surface area contributed by atoms with Gasteiger partial charge in [0.05, 0.1) is 0 Å². The molecule has 1 aromatic carbocycles. The Hall–Kier alpha value is -2.90. The summed E-state index contributed by atoms with van der Waals surface area (Å²) in [7, 11) is 0. The van der Waals surface area contributed by atoms with Crippen LogP contribution in [-0.4, -0.2) is 47.4 Å². The van der Waals surface area contributed by atoms with E-state index in [1.54, 1.807) is 0 Å². The van der Waals surface area contributed by atoms with Crippen LogP contribution in [-0.2, 0) is 19.1 Å². The summed E-state index contributed by atoms with van der Waals surface area (Å²) in [6.45, 7) is 9.14. The summed E-state index contributed by atoms with van der Waals surface area (Å²) in [5.41, 5.74) is 1.82. The highest BCUT2D eigenvalue weighted by atomic mass is 16.5. The minimum absolute atomic E-state index is 0.00526. The smallest absolute Gasteiger partial charge is 0.326 e. The van der Waals surface area contributed by atoms with E-state index in [1.807, 2.05) is 52.8 Å². The molecule has 2 unspecified atom stereocenters. The third-order valence-electron chi connectivity index (χ3n) is 6.79. The summed E-state index contributed by atoms with van der Waals surface area (Å²) in [5, 5.41) is 5.69. The Morgan fingerprint density at radius 2 is 1.79 bits per heavy atom. The Balaban J connectivity index is 1.60. The normalized spacial score (nSPS) is 22.8. The van der Waals surface area contributed by atoms with E-state index in [2.05, 4.69) is 10.6 Å². The van der Waals surface area contributed by atoms with Crippen LogP contribution in [0.1, 0.15) is 83.3 Å². The molecule has 2 N–H and O–H groups in total. The molecule has 0 radical (unpaired) electrons. The largest absolute Gasteiger partial charge is 0.454 e. The number of ether oxygens (including phenoxy) is 1. The molecule has 1 spiro atoms. The molecule has 3 rings (SSSR count). The second-order valence-corrected chi connectivity index (χ2v) is 9.77. The number of hydrogen-bond acceptors (Lipinski definition) is 5. The first-order valence-corrected chi connectivity index (χ1v) is 11.8. The monoisotopic (exact) mass is 457 g/mol. The van der Waals surface area contributed by atoms with Gasteiger partial charge >= 0.3 is 12.0 Å². The van der Waals surface area contributed by atoms with Crippen LogP contribution in [0.3, 0.4) is 0 Å². The number of nitrogens with zero attached hydrogens (tertiary/aromatic N) is 1. The van der Waals surface area contributed by atoms with Gasteiger partial charge in [-0.1, -0.05) is 65.7 Å². The van der Waals surface area contributed by atoms with Gasteiger partial charge in [-0.15, -0.1) is 0 Å². The minimum Gasteiger partial charge on any atom is -0.454 e. The maximum atomic E-state index is 13.0. The standard InChI is InChI=1S/C25H35N3O5/c1-15(2)18-10-8-11-19(16(3)4)22(18)26-20(29)14-33-21(30)13-28-23(31)25(27-24(28)32)12-7-6-9-17(25)5/h8,10-11,15-17H,6-7,9,12-14H2,1-5H3,(H,26,29)(H,27,32). The number of carbonyl (C=O) groups is 4. The molecule has 4 amide bonds. The highest BCUT2D eigenvalue weighted by Gasteiger charge is 2.55. The van der Waals surface area contributed by atoms with Gasteiger partial charge < -0.3 is 15.4 Å². The Morgan fingerprint density at radius 3 is 2.36 bits per heavy atom. The SMILES string of the molecule is CC(C)c1cccc(C(C)C)c1NC(=O)COC(=O)CN1C(=O)NC2(CCCCC2C)C1=O. The molecule has 1 aromatic rings.